The summed E-state index contributed by atoms with van der Waals surface area (Å²) in [5, 5.41) is 18.0. The van der Waals surface area contributed by atoms with Crippen LogP contribution in [0.15, 0.2) is 65.1 Å². The minimum Gasteiger partial charge on any atom is -0.493 e. The van der Waals surface area contributed by atoms with Crippen molar-refractivity contribution in [1.82, 2.24) is 15.0 Å². The number of aromatic nitrogens is 3. The number of carboxylic acid groups (broad SMARTS) is 1. The van der Waals surface area contributed by atoms with Crippen LogP contribution in [0.1, 0.15) is 6.42 Å². The standard InChI is InChI=1S/C23H19BrClN3O5/c24-15-6-8-22(20(12-15)28-26-18-4-1-2-5-19(18)27-28)32-11-3-10-31-16-7-9-21(17(25)13-16)33-14-23(29)30/h1-2,4-9,12-13H,3,10-11,14H2,(H,29,30). The molecule has 0 atom stereocenters. The average Bonchev–Trinajstić information content (AvgIpc) is 3.23. The highest BCUT2D eigenvalue weighted by Crippen LogP contribution is 2.29. The second kappa shape index (κ2) is 10.5. The van der Waals surface area contributed by atoms with E-state index in [2.05, 4.69) is 26.1 Å². The van der Waals surface area contributed by atoms with Gasteiger partial charge in [0.05, 0.1) is 18.2 Å². The molecule has 170 valence electrons. The van der Waals surface area contributed by atoms with Crippen molar-refractivity contribution in [3.63, 3.8) is 0 Å². The number of nitrogens with zero attached hydrogens (tertiary/aromatic N) is 3. The van der Waals surface area contributed by atoms with Crippen LogP contribution >= 0.6 is 27.5 Å². The summed E-state index contributed by atoms with van der Waals surface area (Å²) in [7, 11) is 0. The molecular formula is C23H19BrClN3O5. The highest BCUT2D eigenvalue weighted by molar-refractivity contribution is 9.10. The van der Waals surface area contributed by atoms with Gasteiger partial charge in [0.2, 0.25) is 0 Å². The normalized spacial score (nSPS) is 10.8. The van der Waals surface area contributed by atoms with E-state index in [-0.39, 0.29) is 10.8 Å². The number of fused-ring (bicyclic) bond motifs is 1. The molecule has 0 bridgehead atoms. The van der Waals surface area contributed by atoms with Crippen LogP contribution in [0.25, 0.3) is 16.7 Å². The van der Waals surface area contributed by atoms with Gasteiger partial charge in [0.1, 0.15) is 34.0 Å². The van der Waals surface area contributed by atoms with E-state index in [9.17, 15) is 4.79 Å². The zero-order valence-corrected chi connectivity index (χ0v) is 19.6. The van der Waals surface area contributed by atoms with E-state index in [4.69, 9.17) is 30.9 Å². The second-order valence-electron chi connectivity index (χ2n) is 6.92. The van der Waals surface area contributed by atoms with E-state index in [0.29, 0.717) is 31.1 Å². The smallest absolute Gasteiger partial charge is 0.341 e. The summed E-state index contributed by atoms with van der Waals surface area (Å²) in [5.74, 6) is 0.426. The Hall–Kier alpha value is -3.30. The van der Waals surface area contributed by atoms with Crippen molar-refractivity contribution < 1.29 is 24.1 Å². The Morgan fingerprint density at radius 3 is 2.33 bits per heavy atom. The molecule has 0 saturated heterocycles. The molecule has 3 aromatic carbocycles. The predicted octanol–water partition coefficient (Wildman–Crippen LogP) is 5.15. The van der Waals surface area contributed by atoms with Crippen LogP contribution in [0.2, 0.25) is 5.02 Å². The van der Waals surface area contributed by atoms with Crippen molar-refractivity contribution in [2.75, 3.05) is 19.8 Å². The van der Waals surface area contributed by atoms with Crippen molar-refractivity contribution in [3.8, 4) is 22.9 Å². The monoisotopic (exact) mass is 531 g/mol. The quantitative estimate of drug-likeness (QED) is 0.282. The van der Waals surface area contributed by atoms with E-state index in [1.54, 1.807) is 23.0 Å². The minimum absolute atomic E-state index is 0.281. The lowest BCUT2D eigenvalue weighted by Crippen LogP contribution is -2.10. The fourth-order valence-electron chi connectivity index (χ4n) is 3.00. The maximum absolute atomic E-state index is 10.6. The number of halogens is 2. The van der Waals surface area contributed by atoms with Crippen LogP contribution in [0.4, 0.5) is 0 Å². The molecule has 8 nitrogen and oxygen atoms in total. The fraction of sp³-hybridized carbons (Fsp3) is 0.174. The molecule has 1 N–H and O–H groups in total. The summed E-state index contributed by atoms with van der Waals surface area (Å²) in [6, 6.07) is 18.2. The Kier molecular flexibility index (Phi) is 7.31. The van der Waals surface area contributed by atoms with E-state index in [1.165, 1.54) is 0 Å². The lowest BCUT2D eigenvalue weighted by atomic mass is 10.3. The third-order valence-electron chi connectivity index (χ3n) is 4.49. The van der Waals surface area contributed by atoms with Crippen molar-refractivity contribution in [2.24, 2.45) is 0 Å². The summed E-state index contributed by atoms with van der Waals surface area (Å²) in [4.78, 5) is 12.2. The first kappa shape index (κ1) is 22.9. The number of aliphatic carboxylic acids is 1. The molecule has 0 unspecified atom stereocenters. The molecule has 1 aromatic heterocycles. The number of rotatable bonds is 10. The molecule has 0 saturated carbocycles. The fourth-order valence-corrected chi connectivity index (χ4v) is 3.57. The van der Waals surface area contributed by atoms with Gasteiger partial charge in [0.25, 0.3) is 0 Å². The van der Waals surface area contributed by atoms with Gasteiger partial charge >= 0.3 is 5.97 Å². The molecule has 33 heavy (non-hydrogen) atoms. The first-order valence-corrected chi connectivity index (χ1v) is 11.2. The summed E-state index contributed by atoms with van der Waals surface area (Å²) in [6.45, 7) is 0.365. The maximum Gasteiger partial charge on any atom is 0.341 e. The van der Waals surface area contributed by atoms with Gasteiger partial charge in [-0.25, -0.2) is 4.79 Å². The third-order valence-corrected chi connectivity index (χ3v) is 5.28. The summed E-state index contributed by atoms with van der Waals surface area (Å²) < 4.78 is 17.7. The first-order chi connectivity index (χ1) is 16.0. The highest BCUT2D eigenvalue weighted by atomic mass is 79.9. The first-order valence-electron chi connectivity index (χ1n) is 10.0. The van der Waals surface area contributed by atoms with Gasteiger partial charge in [-0.1, -0.05) is 39.7 Å². The van der Waals surface area contributed by atoms with Crippen LogP contribution < -0.4 is 14.2 Å². The van der Waals surface area contributed by atoms with Crippen LogP contribution in [0, 0.1) is 0 Å². The van der Waals surface area contributed by atoms with Gasteiger partial charge in [-0.2, -0.15) is 0 Å². The van der Waals surface area contributed by atoms with Crippen molar-refractivity contribution >= 4 is 44.5 Å². The molecule has 0 aliphatic carbocycles. The summed E-state index contributed by atoms with van der Waals surface area (Å²) in [6.07, 6.45) is 0.624. The van der Waals surface area contributed by atoms with Crippen molar-refractivity contribution in [1.29, 1.82) is 0 Å². The molecular weight excluding hydrogens is 514 g/mol. The number of carbonyl (C=O) groups is 1. The lowest BCUT2D eigenvalue weighted by molar-refractivity contribution is -0.139. The largest absolute Gasteiger partial charge is 0.493 e. The molecule has 0 amide bonds. The average molecular weight is 533 g/mol. The van der Waals surface area contributed by atoms with E-state index in [0.717, 1.165) is 21.2 Å². The molecule has 0 aliphatic heterocycles. The molecule has 4 aromatic rings. The van der Waals surface area contributed by atoms with Crippen molar-refractivity contribution in [2.45, 2.75) is 6.42 Å². The highest BCUT2D eigenvalue weighted by Gasteiger charge is 2.11. The number of ether oxygens (including phenoxy) is 3. The van der Waals surface area contributed by atoms with Crippen LogP contribution in [-0.4, -0.2) is 45.9 Å². The van der Waals surface area contributed by atoms with E-state index < -0.39 is 12.6 Å². The number of hydrogen-bond acceptors (Lipinski definition) is 6. The summed E-state index contributed by atoms with van der Waals surface area (Å²) in [5.41, 5.74) is 2.33. The molecule has 0 aliphatic rings. The molecule has 0 fully saturated rings. The Morgan fingerprint density at radius 2 is 1.64 bits per heavy atom. The zero-order chi connectivity index (χ0) is 23.2. The second-order valence-corrected chi connectivity index (χ2v) is 8.24. The number of benzene rings is 3. The van der Waals surface area contributed by atoms with Crippen LogP contribution in [0.3, 0.4) is 0 Å². The number of carboxylic acids is 1. The molecule has 0 radical (unpaired) electrons. The topological polar surface area (TPSA) is 95.7 Å². The zero-order valence-electron chi connectivity index (χ0n) is 17.3. The van der Waals surface area contributed by atoms with Gasteiger partial charge in [-0.05, 0) is 42.5 Å². The summed E-state index contributed by atoms with van der Waals surface area (Å²) >= 11 is 9.60. The third kappa shape index (κ3) is 5.94. The van der Waals surface area contributed by atoms with Gasteiger partial charge in [0.15, 0.2) is 6.61 Å². The van der Waals surface area contributed by atoms with Crippen LogP contribution in [0.5, 0.6) is 17.2 Å². The molecule has 0 spiro atoms. The predicted molar refractivity (Wildman–Crippen MR) is 127 cm³/mol. The SMILES string of the molecule is O=C(O)COc1ccc(OCCCOc2ccc(Br)cc2-n2nc3ccccc3n2)cc1Cl. The Bertz CT molecular complexity index is 1250. The van der Waals surface area contributed by atoms with Crippen molar-refractivity contribution in [3.05, 3.63) is 70.2 Å². The number of hydrogen-bond donors (Lipinski definition) is 1. The maximum atomic E-state index is 10.6. The van der Waals surface area contributed by atoms with E-state index in [1.807, 2.05) is 42.5 Å². The Morgan fingerprint density at radius 1 is 0.939 bits per heavy atom. The minimum atomic E-state index is -1.07. The van der Waals surface area contributed by atoms with Crippen LogP contribution in [-0.2, 0) is 4.79 Å². The van der Waals surface area contributed by atoms with E-state index >= 15 is 0 Å². The van der Waals surface area contributed by atoms with Gasteiger partial charge in [-0.15, -0.1) is 15.0 Å². The van der Waals surface area contributed by atoms with Gasteiger partial charge in [0, 0.05) is 17.0 Å². The molecule has 10 heteroatoms. The lowest BCUT2D eigenvalue weighted by Gasteiger charge is -2.12. The molecule has 4 rings (SSSR count). The molecule has 1 heterocycles. The van der Waals surface area contributed by atoms with Gasteiger partial charge < -0.3 is 19.3 Å². The Labute approximate surface area is 202 Å². The van der Waals surface area contributed by atoms with Gasteiger partial charge in [-0.3, -0.25) is 0 Å². The Balaban J connectivity index is 1.33.